The summed E-state index contributed by atoms with van der Waals surface area (Å²) >= 11 is 0. The molecule has 118 valence electrons. The van der Waals surface area contributed by atoms with Crippen molar-refractivity contribution in [3.63, 3.8) is 0 Å². The largest absolute Gasteiger partial charge is 0.356 e. The molecule has 3 rings (SSSR count). The van der Waals surface area contributed by atoms with E-state index in [9.17, 15) is 0 Å². The Bertz CT molecular complexity index is 399. The van der Waals surface area contributed by atoms with Crippen LogP contribution in [0.3, 0.4) is 0 Å². The van der Waals surface area contributed by atoms with Gasteiger partial charge in [-0.3, -0.25) is 0 Å². The van der Waals surface area contributed by atoms with E-state index in [4.69, 9.17) is 0 Å². The monoisotopic (exact) mass is 290 g/mol. The van der Waals surface area contributed by atoms with Crippen LogP contribution in [0.1, 0.15) is 38.5 Å². The van der Waals surface area contributed by atoms with E-state index in [1.165, 1.54) is 38.5 Å². The second-order valence-electron chi connectivity index (χ2n) is 6.99. The summed E-state index contributed by atoms with van der Waals surface area (Å²) in [5, 5.41) is 0. The van der Waals surface area contributed by atoms with Crippen LogP contribution in [-0.2, 0) is 0 Å². The summed E-state index contributed by atoms with van der Waals surface area (Å²) in [5.41, 5.74) is 0.0390. The minimum absolute atomic E-state index is 0.0390. The van der Waals surface area contributed by atoms with Gasteiger partial charge in [0.1, 0.15) is 6.17 Å². The van der Waals surface area contributed by atoms with Gasteiger partial charge in [-0.15, -0.1) is 0 Å². The van der Waals surface area contributed by atoms with Gasteiger partial charge in [0.05, 0.1) is 0 Å². The van der Waals surface area contributed by atoms with Gasteiger partial charge in [0.2, 0.25) is 0 Å². The summed E-state index contributed by atoms with van der Waals surface area (Å²) in [5.74, 6) is 0.708. The molecule has 0 atom stereocenters. The quantitative estimate of drug-likeness (QED) is 0.725. The average molecular weight is 290 g/mol. The van der Waals surface area contributed by atoms with Gasteiger partial charge in [0.25, 0.3) is 0 Å². The lowest BCUT2D eigenvalue weighted by Crippen LogP contribution is -2.69. The van der Waals surface area contributed by atoms with Crippen molar-refractivity contribution in [2.24, 2.45) is 5.92 Å². The molecule has 1 fully saturated rings. The molecule has 0 aromatic rings. The van der Waals surface area contributed by atoms with Gasteiger partial charge in [-0.1, -0.05) is 25.7 Å². The maximum atomic E-state index is 2.47. The Morgan fingerprint density at radius 2 is 1.19 bits per heavy atom. The molecule has 3 aliphatic rings. The van der Waals surface area contributed by atoms with E-state index in [2.05, 4.69) is 72.6 Å². The Labute approximate surface area is 129 Å². The first kappa shape index (κ1) is 14.6. The van der Waals surface area contributed by atoms with Crippen molar-refractivity contribution in [3.05, 3.63) is 24.8 Å². The Kier molecular flexibility index (Phi) is 3.80. The molecule has 2 aliphatic heterocycles. The van der Waals surface area contributed by atoms with E-state index < -0.39 is 0 Å². The molecule has 0 bridgehead atoms. The minimum Gasteiger partial charge on any atom is -0.356 e. The highest BCUT2D eigenvalue weighted by atomic mass is 15.5. The summed E-state index contributed by atoms with van der Waals surface area (Å²) in [6, 6.07) is 0. The van der Waals surface area contributed by atoms with Gasteiger partial charge in [-0.05, 0) is 12.8 Å². The van der Waals surface area contributed by atoms with Crippen LogP contribution in [0.25, 0.3) is 0 Å². The highest BCUT2D eigenvalue weighted by Gasteiger charge is 2.55. The number of hydrogen-bond donors (Lipinski definition) is 0. The molecule has 0 N–H and O–H groups in total. The first-order chi connectivity index (χ1) is 10.1. The molecule has 0 unspecified atom stereocenters. The lowest BCUT2D eigenvalue weighted by atomic mass is 9.81. The van der Waals surface area contributed by atoms with Crippen molar-refractivity contribution >= 4 is 0 Å². The minimum atomic E-state index is 0.0390. The summed E-state index contributed by atoms with van der Waals surface area (Å²) in [6.45, 7) is 0. The zero-order chi connectivity index (χ0) is 15.0. The van der Waals surface area contributed by atoms with Crippen LogP contribution in [0.2, 0.25) is 0 Å². The lowest BCUT2D eigenvalue weighted by Gasteiger charge is -2.55. The molecular formula is C17H30N4. The third kappa shape index (κ3) is 2.11. The molecule has 21 heavy (non-hydrogen) atoms. The van der Waals surface area contributed by atoms with Crippen LogP contribution < -0.4 is 0 Å². The van der Waals surface area contributed by atoms with Crippen molar-refractivity contribution in [2.45, 2.75) is 50.4 Å². The highest BCUT2D eigenvalue weighted by molar-refractivity contribution is 5.16. The van der Waals surface area contributed by atoms with Crippen molar-refractivity contribution < 1.29 is 0 Å². The van der Waals surface area contributed by atoms with Gasteiger partial charge in [-0.2, -0.15) is 0 Å². The fraction of sp³-hybridized carbons (Fsp3) is 0.765. The Balaban J connectivity index is 1.99. The zero-order valence-electron chi connectivity index (χ0n) is 14.0. The number of nitrogens with zero attached hydrogens (tertiary/aromatic N) is 4. The van der Waals surface area contributed by atoms with E-state index in [0.717, 1.165) is 0 Å². The smallest absolute Gasteiger partial charge is 0.154 e. The van der Waals surface area contributed by atoms with Crippen LogP contribution in [0.4, 0.5) is 0 Å². The third-order valence-electron chi connectivity index (χ3n) is 5.79. The maximum Gasteiger partial charge on any atom is 0.154 e. The van der Waals surface area contributed by atoms with Crippen molar-refractivity contribution in [1.82, 2.24) is 19.6 Å². The topological polar surface area (TPSA) is 13.0 Å². The van der Waals surface area contributed by atoms with E-state index in [-0.39, 0.29) is 5.66 Å². The fourth-order valence-electron chi connectivity index (χ4n) is 4.80. The Morgan fingerprint density at radius 3 is 1.67 bits per heavy atom. The Morgan fingerprint density at radius 1 is 0.714 bits per heavy atom. The van der Waals surface area contributed by atoms with E-state index in [1.807, 2.05) is 0 Å². The SMILES string of the molecule is CN1C=CN(C)C1C1(C2CCCCCC2)N(C)C=CN1C. The lowest BCUT2D eigenvalue weighted by molar-refractivity contribution is -0.0985. The summed E-state index contributed by atoms with van der Waals surface area (Å²) in [4.78, 5) is 9.69. The van der Waals surface area contributed by atoms with Gasteiger partial charge in [0.15, 0.2) is 5.66 Å². The molecule has 4 heteroatoms. The highest BCUT2D eigenvalue weighted by Crippen LogP contribution is 2.45. The van der Waals surface area contributed by atoms with Crippen molar-refractivity contribution in [2.75, 3.05) is 28.2 Å². The predicted molar refractivity (Wildman–Crippen MR) is 87.0 cm³/mol. The Hall–Kier alpha value is -1.32. The van der Waals surface area contributed by atoms with Gasteiger partial charge >= 0.3 is 0 Å². The second kappa shape index (κ2) is 5.47. The van der Waals surface area contributed by atoms with E-state index in [0.29, 0.717) is 12.1 Å². The predicted octanol–water partition coefficient (Wildman–Crippen LogP) is 2.68. The maximum absolute atomic E-state index is 2.47. The summed E-state index contributed by atoms with van der Waals surface area (Å²) < 4.78 is 0. The molecule has 4 nitrogen and oxygen atoms in total. The second-order valence-corrected chi connectivity index (χ2v) is 6.99. The third-order valence-corrected chi connectivity index (χ3v) is 5.79. The van der Waals surface area contributed by atoms with E-state index in [1.54, 1.807) is 0 Å². The summed E-state index contributed by atoms with van der Waals surface area (Å²) in [6.07, 6.45) is 17.5. The molecule has 0 radical (unpaired) electrons. The molecule has 0 aromatic carbocycles. The van der Waals surface area contributed by atoms with Crippen molar-refractivity contribution in [1.29, 1.82) is 0 Å². The molecule has 0 aromatic heterocycles. The first-order valence-corrected chi connectivity index (χ1v) is 8.35. The summed E-state index contributed by atoms with van der Waals surface area (Å²) in [7, 11) is 8.93. The normalized spacial score (nSPS) is 27.0. The molecule has 1 aliphatic carbocycles. The van der Waals surface area contributed by atoms with Crippen molar-refractivity contribution in [3.8, 4) is 0 Å². The average Bonchev–Trinajstić information content (AvgIpc) is 2.83. The van der Waals surface area contributed by atoms with Gasteiger partial charge in [-0.25, -0.2) is 0 Å². The van der Waals surface area contributed by atoms with Crippen LogP contribution >= 0.6 is 0 Å². The van der Waals surface area contributed by atoms with Crippen LogP contribution in [0, 0.1) is 5.92 Å². The number of rotatable bonds is 2. The van der Waals surface area contributed by atoms with Crippen LogP contribution in [0.5, 0.6) is 0 Å². The molecule has 0 spiro atoms. The van der Waals surface area contributed by atoms with Gasteiger partial charge < -0.3 is 19.6 Å². The molecule has 0 amide bonds. The molecule has 1 saturated carbocycles. The number of hydrogen-bond acceptors (Lipinski definition) is 4. The molecule has 2 heterocycles. The molecule has 0 saturated heterocycles. The standard InChI is InChI=1S/C17H30N4/c1-18-11-12-19(2)16(18)17(20(3)13-14-21(17)4)15-9-7-5-6-8-10-15/h11-16H,5-10H2,1-4H3. The zero-order valence-corrected chi connectivity index (χ0v) is 14.0. The fourth-order valence-corrected chi connectivity index (χ4v) is 4.80. The molecular weight excluding hydrogens is 260 g/mol. The van der Waals surface area contributed by atoms with Crippen LogP contribution in [-0.4, -0.2) is 59.6 Å². The van der Waals surface area contributed by atoms with Crippen LogP contribution in [0.15, 0.2) is 24.8 Å². The number of likely N-dealkylation sites (N-methyl/N-ethyl adjacent to an activating group) is 4. The van der Waals surface area contributed by atoms with Gasteiger partial charge in [0, 0.05) is 58.9 Å². The van der Waals surface area contributed by atoms with E-state index >= 15 is 0 Å². The first-order valence-electron chi connectivity index (χ1n) is 8.35.